The van der Waals surface area contributed by atoms with E-state index in [-0.39, 0.29) is 18.9 Å². The first-order valence-corrected chi connectivity index (χ1v) is 6.70. The molecule has 0 fully saturated rings. The first kappa shape index (κ1) is 16.4. The Kier molecular flexibility index (Phi) is 6.40. The molecule has 0 aliphatic carbocycles. The molecule has 1 unspecified atom stereocenters. The Bertz CT molecular complexity index is 500. The maximum absolute atomic E-state index is 12.9. The molecule has 1 aromatic carbocycles. The van der Waals surface area contributed by atoms with Crippen LogP contribution in [0.1, 0.15) is 6.42 Å². The van der Waals surface area contributed by atoms with Gasteiger partial charge in [0, 0.05) is 17.1 Å². The van der Waals surface area contributed by atoms with Crippen LogP contribution < -0.4 is 11.1 Å². The fourth-order valence-electron chi connectivity index (χ4n) is 1.23. The average molecular weight is 304 g/mol. The minimum atomic E-state index is -1.42. The van der Waals surface area contributed by atoms with Gasteiger partial charge in [-0.3, -0.25) is 9.59 Å². The van der Waals surface area contributed by atoms with Gasteiger partial charge >= 0.3 is 0 Å². The molecule has 2 amide bonds. The Morgan fingerprint density at radius 3 is 2.65 bits per heavy atom. The zero-order chi connectivity index (χ0) is 15.1. The number of primary amides is 1. The van der Waals surface area contributed by atoms with Crippen molar-refractivity contribution in [2.45, 2.75) is 17.4 Å². The van der Waals surface area contributed by atoms with E-state index < -0.39 is 23.6 Å². The van der Waals surface area contributed by atoms with Crippen LogP contribution in [0, 0.1) is 11.6 Å². The zero-order valence-corrected chi connectivity index (χ0v) is 11.3. The summed E-state index contributed by atoms with van der Waals surface area (Å²) in [7, 11) is 0. The lowest BCUT2D eigenvalue weighted by molar-refractivity contribution is -0.126. The lowest BCUT2D eigenvalue weighted by Crippen LogP contribution is -2.40. The monoisotopic (exact) mass is 304 g/mol. The van der Waals surface area contributed by atoms with E-state index in [0.717, 1.165) is 12.1 Å². The standard InChI is InChI=1S/C12H14F2N2O3S/c13-8-2-1-7(5-9(8)14)20-4-3-11(18)16-6-10(17)12(15)19/h1-2,5,10,17H,3-4,6H2,(H2,15,19)(H,16,18). The van der Waals surface area contributed by atoms with Gasteiger partial charge in [-0.1, -0.05) is 0 Å². The second-order valence-electron chi connectivity index (χ2n) is 3.90. The molecular formula is C12H14F2N2O3S. The minimum absolute atomic E-state index is 0.106. The normalized spacial score (nSPS) is 11.9. The molecule has 1 rings (SSSR count). The SMILES string of the molecule is NC(=O)C(O)CNC(=O)CCSc1ccc(F)c(F)c1. The van der Waals surface area contributed by atoms with Gasteiger partial charge in [0.1, 0.15) is 6.10 Å². The Labute approximate surface area is 118 Å². The number of carbonyl (C=O) groups excluding carboxylic acids is 2. The highest BCUT2D eigenvalue weighted by molar-refractivity contribution is 7.99. The summed E-state index contributed by atoms with van der Waals surface area (Å²) in [6.07, 6.45) is -1.31. The maximum atomic E-state index is 12.9. The molecule has 1 aromatic rings. The van der Waals surface area contributed by atoms with Gasteiger partial charge in [0.05, 0.1) is 6.54 Å². The number of thioether (sulfide) groups is 1. The Balaban J connectivity index is 2.28. The molecule has 20 heavy (non-hydrogen) atoms. The van der Waals surface area contributed by atoms with Crippen LogP contribution in [0.15, 0.2) is 23.1 Å². The highest BCUT2D eigenvalue weighted by Gasteiger charge is 2.12. The van der Waals surface area contributed by atoms with Crippen molar-refractivity contribution in [3.63, 3.8) is 0 Å². The molecule has 5 nitrogen and oxygen atoms in total. The number of halogens is 2. The van der Waals surface area contributed by atoms with Crippen molar-refractivity contribution in [1.29, 1.82) is 0 Å². The molecule has 0 aliphatic heterocycles. The third-order valence-corrected chi connectivity index (χ3v) is 3.31. The largest absolute Gasteiger partial charge is 0.381 e. The lowest BCUT2D eigenvalue weighted by Gasteiger charge is -2.08. The lowest BCUT2D eigenvalue weighted by atomic mass is 10.3. The van der Waals surface area contributed by atoms with Crippen molar-refractivity contribution < 1.29 is 23.5 Å². The van der Waals surface area contributed by atoms with Crippen LogP contribution in [0.3, 0.4) is 0 Å². The van der Waals surface area contributed by atoms with Crippen molar-refractivity contribution >= 4 is 23.6 Å². The molecule has 0 saturated carbocycles. The summed E-state index contributed by atoms with van der Waals surface area (Å²) in [6, 6.07) is 3.48. The number of aliphatic hydroxyl groups is 1. The van der Waals surface area contributed by atoms with Gasteiger partial charge in [-0.05, 0) is 18.2 Å². The Morgan fingerprint density at radius 1 is 1.35 bits per heavy atom. The van der Waals surface area contributed by atoms with Gasteiger partial charge in [-0.15, -0.1) is 11.8 Å². The molecule has 110 valence electrons. The summed E-state index contributed by atoms with van der Waals surface area (Å²) in [4.78, 5) is 22.4. The Hall–Kier alpha value is -1.67. The van der Waals surface area contributed by atoms with E-state index >= 15 is 0 Å². The summed E-state index contributed by atoms with van der Waals surface area (Å²) in [5.41, 5.74) is 4.81. The quantitative estimate of drug-likeness (QED) is 0.636. The predicted molar refractivity (Wildman–Crippen MR) is 69.9 cm³/mol. The van der Waals surface area contributed by atoms with Crippen molar-refractivity contribution in [1.82, 2.24) is 5.32 Å². The Morgan fingerprint density at radius 2 is 2.05 bits per heavy atom. The number of hydrogen-bond acceptors (Lipinski definition) is 4. The third-order valence-electron chi connectivity index (χ3n) is 2.31. The van der Waals surface area contributed by atoms with Gasteiger partial charge in [0.25, 0.3) is 0 Å². The molecule has 0 aromatic heterocycles. The van der Waals surface area contributed by atoms with Crippen LogP contribution in [0.2, 0.25) is 0 Å². The summed E-state index contributed by atoms with van der Waals surface area (Å²) in [5, 5.41) is 11.4. The van der Waals surface area contributed by atoms with Crippen molar-refractivity contribution in [3.05, 3.63) is 29.8 Å². The predicted octanol–water partition coefficient (Wildman–Crippen LogP) is 0.409. The van der Waals surface area contributed by atoms with Gasteiger partial charge in [-0.2, -0.15) is 0 Å². The maximum Gasteiger partial charge on any atom is 0.248 e. The van der Waals surface area contributed by atoms with Crippen molar-refractivity contribution in [3.8, 4) is 0 Å². The van der Waals surface area contributed by atoms with E-state index in [1.54, 1.807) is 0 Å². The van der Waals surface area contributed by atoms with Gasteiger partial charge in [0.15, 0.2) is 11.6 Å². The number of nitrogens with two attached hydrogens (primary N) is 1. The van der Waals surface area contributed by atoms with Gasteiger partial charge < -0.3 is 16.2 Å². The van der Waals surface area contributed by atoms with Crippen LogP contribution in [0.5, 0.6) is 0 Å². The van der Waals surface area contributed by atoms with Crippen molar-refractivity contribution in [2.75, 3.05) is 12.3 Å². The fraction of sp³-hybridized carbons (Fsp3) is 0.333. The zero-order valence-electron chi connectivity index (χ0n) is 10.4. The van der Waals surface area contributed by atoms with E-state index in [1.165, 1.54) is 17.8 Å². The summed E-state index contributed by atoms with van der Waals surface area (Å²) >= 11 is 1.19. The number of aliphatic hydroxyl groups excluding tert-OH is 1. The molecular weight excluding hydrogens is 290 g/mol. The molecule has 0 radical (unpaired) electrons. The van der Waals surface area contributed by atoms with E-state index in [9.17, 15) is 18.4 Å². The molecule has 4 N–H and O–H groups in total. The summed E-state index contributed by atoms with van der Waals surface area (Å²) in [5.74, 6) is -2.80. The molecule has 0 aliphatic rings. The summed E-state index contributed by atoms with van der Waals surface area (Å²) < 4.78 is 25.6. The second-order valence-corrected chi connectivity index (χ2v) is 5.06. The van der Waals surface area contributed by atoms with Crippen LogP contribution >= 0.6 is 11.8 Å². The van der Waals surface area contributed by atoms with Crippen LogP contribution in [0.25, 0.3) is 0 Å². The van der Waals surface area contributed by atoms with E-state index in [0.29, 0.717) is 10.6 Å². The summed E-state index contributed by atoms with van der Waals surface area (Å²) in [6.45, 7) is -0.246. The number of rotatable bonds is 7. The average Bonchev–Trinajstić information content (AvgIpc) is 2.40. The van der Waals surface area contributed by atoms with E-state index in [4.69, 9.17) is 10.8 Å². The highest BCUT2D eigenvalue weighted by Crippen LogP contribution is 2.20. The number of hydrogen-bond donors (Lipinski definition) is 3. The second kappa shape index (κ2) is 7.81. The van der Waals surface area contributed by atoms with Gasteiger partial charge in [-0.25, -0.2) is 8.78 Å². The molecule has 0 spiro atoms. The highest BCUT2D eigenvalue weighted by atomic mass is 32.2. The smallest absolute Gasteiger partial charge is 0.248 e. The van der Waals surface area contributed by atoms with E-state index in [2.05, 4.69) is 5.32 Å². The fourth-order valence-corrected chi connectivity index (χ4v) is 2.10. The van der Waals surface area contributed by atoms with E-state index in [1.807, 2.05) is 0 Å². The minimum Gasteiger partial charge on any atom is -0.381 e. The topological polar surface area (TPSA) is 92.4 Å². The number of amides is 2. The molecule has 0 bridgehead atoms. The molecule has 0 saturated heterocycles. The first-order chi connectivity index (χ1) is 9.40. The third kappa shape index (κ3) is 5.54. The van der Waals surface area contributed by atoms with Gasteiger partial charge in [0.2, 0.25) is 11.8 Å². The number of carbonyl (C=O) groups is 2. The molecule has 8 heteroatoms. The molecule has 1 atom stereocenters. The first-order valence-electron chi connectivity index (χ1n) is 5.72. The number of benzene rings is 1. The van der Waals surface area contributed by atoms with Crippen LogP contribution in [-0.2, 0) is 9.59 Å². The van der Waals surface area contributed by atoms with Crippen molar-refractivity contribution in [2.24, 2.45) is 5.73 Å². The van der Waals surface area contributed by atoms with Crippen LogP contribution in [0.4, 0.5) is 8.78 Å². The number of nitrogens with one attached hydrogen (secondary N) is 1. The molecule has 0 heterocycles. The van der Waals surface area contributed by atoms with Crippen LogP contribution in [-0.4, -0.2) is 35.3 Å².